The maximum atomic E-state index is 12.5. The highest BCUT2D eigenvalue weighted by Crippen LogP contribution is 2.40. The van der Waals surface area contributed by atoms with E-state index in [1.54, 1.807) is 4.90 Å². The van der Waals surface area contributed by atoms with Crippen LogP contribution < -0.4 is 10.6 Å². The maximum Gasteiger partial charge on any atom is 0.324 e. The number of thiazole rings is 1. The number of amides is 3. The van der Waals surface area contributed by atoms with E-state index in [4.69, 9.17) is 0 Å². The van der Waals surface area contributed by atoms with Crippen LogP contribution in [0.25, 0.3) is 0 Å². The van der Waals surface area contributed by atoms with Crippen molar-refractivity contribution in [1.82, 2.24) is 15.2 Å². The number of aromatic nitrogens is 1. The van der Waals surface area contributed by atoms with E-state index in [2.05, 4.69) is 29.5 Å². The molecule has 2 aliphatic rings. The molecule has 1 aliphatic carbocycles. The van der Waals surface area contributed by atoms with E-state index in [0.29, 0.717) is 36.5 Å². The van der Waals surface area contributed by atoms with Crippen LogP contribution in [-0.4, -0.2) is 41.0 Å². The van der Waals surface area contributed by atoms with E-state index < -0.39 is 6.04 Å². The fourth-order valence-electron chi connectivity index (χ4n) is 2.71. The molecule has 0 unspecified atom stereocenters. The van der Waals surface area contributed by atoms with Gasteiger partial charge in [0, 0.05) is 24.4 Å². The van der Waals surface area contributed by atoms with Crippen molar-refractivity contribution in [1.29, 1.82) is 0 Å². The van der Waals surface area contributed by atoms with Crippen LogP contribution >= 0.6 is 11.3 Å². The second kappa shape index (κ2) is 6.24. The number of piperazine rings is 1. The molecule has 1 aromatic heterocycles. The molecule has 22 heavy (non-hydrogen) atoms. The van der Waals surface area contributed by atoms with E-state index in [-0.39, 0.29) is 11.9 Å². The summed E-state index contributed by atoms with van der Waals surface area (Å²) in [4.78, 5) is 30.7. The monoisotopic (exact) mass is 322 g/mol. The first-order valence-electron chi connectivity index (χ1n) is 7.85. The van der Waals surface area contributed by atoms with Crippen molar-refractivity contribution in [3.05, 3.63) is 11.1 Å². The number of nitrogens with one attached hydrogen (secondary N) is 2. The second-order valence-corrected chi connectivity index (χ2v) is 7.27. The third-order valence-electron chi connectivity index (χ3n) is 4.02. The zero-order chi connectivity index (χ0) is 15.7. The number of rotatable bonds is 4. The summed E-state index contributed by atoms with van der Waals surface area (Å²) in [6, 6.07) is -0.617. The topological polar surface area (TPSA) is 74.3 Å². The highest BCUT2D eigenvalue weighted by molar-refractivity contribution is 7.13. The molecule has 0 radical (unpaired) electrons. The third-order valence-corrected chi connectivity index (χ3v) is 4.79. The molecule has 1 atom stereocenters. The maximum absolute atomic E-state index is 12.5. The first-order chi connectivity index (χ1) is 10.5. The van der Waals surface area contributed by atoms with Gasteiger partial charge in [0.1, 0.15) is 6.04 Å². The van der Waals surface area contributed by atoms with Gasteiger partial charge in [0.05, 0.1) is 5.69 Å². The minimum Gasteiger partial charge on any atom is -0.353 e. The van der Waals surface area contributed by atoms with Crippen molar-refractivity contribution < 1.29 is 9.59 Å². The molecule has 0 aromatic carbocycles. The molecule has 6 nitrogen and oxygen atoms in total. The van der Waals surface area contributed by atoms with Gasteiger partial charge in [-0.05, 0) is 25.2 Å². The van der Waals surface area contributed by atoms with Crippen LogP contribution in [0.15, 0.2) is 5.38 Å². The number of carbonyl (C=O) groups excluding carboxylic acids is 2. The average Bonchev–Trinajstić information content (AvgIpc) is 3.21. The van der Waals surface area contributed by atoms with Crippen LogP contribution in [0, 0.1) is 5.92 Å². The molecule has 3 rings (SSSR count). The van der Waals surface area contributed by atoms with Crippen LogP contribution in [-0.2, 0) is 4.79 Å². The van der Waals surface area contributed by atoms with E-state index in [0.717, 1.165) is 5.69 Å². The van der Waals surface area contributed by atoms with E-state index in [9.17, 15) is 9.59 Å². The molecule has 1 saturated heterocycles. The number of carbonyl (C=O) groups is 2. The average molecular weight is 322 g/mol. The lowest BCUT2D eigenvalue weighted by atomic mass is 10.0. The zero-order valence-electron chi connectivity index (χ0n) is 13.0. The fraction of sp³-hybridized carbons (Fsp3) is 0.667. The zero-order valence-corrected chi connectivity index (χ0v) is 13.8. The van der Waals surface area contributed by atoms with Gasteiger partial charge in [0.2, 0.25) is 5.91 Å². The fourth-order valence-corrected chi connectivity index (χ4v) is 3.49. The quantitative estimate of drug-likeness (QED) is 0.894. The predicted molar refractivity (Wildman–Crippen MR) is 86.1 cm³/mol. The summed E-state index contributed by atoms with van der Waals surface area (Å²) >= 11 is 1.46. The summed E-state index contributed by atoms with van der Waals surface area (Å²) in [5.74, 6) is 0.870. The van der Waals surface area contributed by atoms with Gasteiger partial charge in [0.25, 0.3) is 0 Å². The Hall–Kier alpha value is -1.63. The summed E-state index contributed by atoms with van der Waals surface area (Å²) in [6.07, 6.45) is 3.06. The Morgan fingerprint density at radius 3 is 3.00 bits per heavy atom. The summed E-state index contributed by atoms with van der Waals surface area (Å²) in [5, 5.41) is 8.33. The highest BCUT2D eigenvalue weighted by atomic mass is 32.1. The minimum atomic E-state index is -0.392. The Morgan fingerprint density at radius 1 is 1.55 bits per heavy atom. The first-order valence-corrected chi connectivity index (χ1v) is 8.73. The molecule has 7 heteroatoms. The minimum absolute atomic E-state index is 0.0621. The number of hydrogen-bond donors (Lipinski definition) is 2. The van der Waals surface area contributed by atoms with Gasteiger partial charge in [-0.25, -0.2) is 9.78 Å². The van der Waals surface area contributed by atoms with Gasteiger partial charge in [0.15, 0.2) is 5.13 Å². The molecule has 2 heterocycles. The van der Waals surface area contributed by atoms with E-state index in [1.807, 2.05) is 5.38 Å². The molecule has 1 saturated carbocycles. The third kappa shape index (κ3) is 3.40. The molecule has 1 aromatic rings. The van der Waals surface area contributed by atoms with Gasteiger partial charge in [-0.2, -0.15) is 0 Å². The van der Waals surface area contributed by atoms with E-state index >= 15 is 0 Å². The predicted octanol–water partition coefficient (Wildman–Crippen LogP) is 2.40. The van der Waals surface area contributed by atoms with Crippen LogP contribution in [0.3, 0.4) is 0 Å². The normalized spacial score (nSPS) is 21.9. The Labute approximate surface area is 134 Å². The Bertz CT molecular complexity index is 568. The molecular formula is C15H22N4O2S. The van der Waals surface area contributed by atoms with Crippen molar-refractivity contribution in [2.24, 2.45) is 5.92 Å². The number of nitrogens with zero attached hydrogens (tertiary/aromatic N) is 2. The molecular weight excluding hydrogens is 300 g/mol. The largest absolute Gasteiger partial charge is 0.353 e. The second-order valence-electron chi connectivity index (χ2n) is 6.41. The molecule has 120 valence electrons. The lowest BCUT2D eigenvalue weighted by Gasteiger charge is -2.35. The number of anilines is 1. The van der Waals surface area contributed by atoms with Crippen molar-refractivity contribution >= 4 is 28.4 Å². The van der Waals surface area contributed by atoms with E-state index in [1.165, 1.54) is 24.2 Å². The molecule has 0 bridgehead atoms. The van der Waals surface area contributed by atoms with Crippen molar-refractivity contribution in [2.75, 3.05) is 18.4 Å². The van der Waals surface area contributed by atoms with Crippen molar-refractivity contribution in [3.63, 3.8) is 0 Å². The lowest BCUT2D eigenvalue weighted by Crippen LogP contribution is -2.58. The van der Waals surface area contributed by atoms with Crippen molar-refractivity contribution in [2.45, 2.75) is 45.1 Å². The van der Waals surface area contributed by atoms with Gasteiger partial charge in [-0.1, -0.05) is 13.8 Å². The van der Waals surface area contributed by atoms with Crippen LogP contribution in [0.5, 0.6) is 0 Å². The molecule has 2 fully saturated rings. The molecule has 2 N–H and O–H groups in total. The number of hydrogen-bond acceptors (Lipinski definition) is 4. The summed E-state index contributed by atoms with van der Waals surface area (Å²) in [6.45, 7) is 5.16. The summed E-state index contributed by atoms with van der Waals surface area (Å²) < 4.78 is 0. The van der Waals surface area contributed by atoms with Gasteiger partial charge >= 0.3 is 6.03 Å². The molecule has 3 amide bonds. The molecule has 0 spiro atoms. The van der Waals surface area contributed by atoms with Crippen LogP contribution in [0.4, 0.5) is 9.93 Å². The van der Waals surface area contributed by atoms with Gasteiger partial charge in [-0.3, -0.25) is 10.1 Å². The standard InChI is InChI=1S/C15H22N4O2S/c1-9(2)7-12-13(20)16-5-6-19(12)15(21)18-14-17-11(8-22-14)10-3-4-10/h8-10,12H,3-7H2,1-2H3,(H,16,20)(H,17,18,21)/t12-/m1/s1. The summed E-state index contributed by atoms with van der Waals surface area (Å²) in [7, 11) is 0. The highest BCUT2D eigenvalue weighted by Gasteiger charge is 2.34. The SMILES string of the molecule is CC(C)C[C@@H]1C(=O)NCCN1C(=O)Nc1nc(C2CC2)cs1. The Balaban J connectivity index is 1.66. The Kier molecular flexibility index (Phi) is 4.33. The number of urea groups is 1. The Morgan fingerprint density at radius 2 is 2.32 bits per heavy atom. The van der Waals surface area contributed by atoms with Crippen molar-refractivity contribution in [3.8, 4) is 0 Å². The van der Waals surface area contributed by atoms with Crippen LogP contribution in [0.2, 0.25) is 0 Å². The van der Waals surface area contributed by atoms with Crippen LogP contribution in [0.1, 0.15) is 44.7 Å². The van der Waals surface area contributed by atoms with Gasteiger partial charge in [-0.15, -0.1) is 11.3 Å². The molecule has 1 aliphatic heterocycles. The lowest BCUT2D eigenvalue weighted by molar-refractivity contribution is -0.128. The first kappa shape index (κ1) is 15.3. The van der Waals surface area contributed by atoms with Gasteiger partial charge < -0.3 is 10.2 Å². The summed E-state index contributed by atoms with van der Waals surface area (Å²) in [5.41, 5.74) is 1.08. The smallest absolute Gasteiger partial charge is 0.324 e.